The van der Waals surface area contributed by atoms with Crippen LogP contribution in [0.3, 0.4) is 0 Å². The minimum absolute atomic E-state index is 0.150. The molecule has 1 heterocycles. The predicted molar refractivity (Wildman–Crippen MR) is 87.2 cm³/mol. The van der Waals surface area contributed by atoms with Gasteiger partial charge in [0.15, 0.2) is 0 Å². The summed E-state index contributed by atoms with van der Waals surface area (Å²) in [6, 6.07) is 5.93. The van der Waals surface area contributed by atoms with Crippen LogP contribution in [-0.2, 0) is 0 Å². The first-order chi connectivity index (χ1) is 9.63. The number of anilines is 1. The van der Waals surface area contributed by atoms with E-state index < -0.39 is 0 Å². The molecule has 2 unspecified atom stereocenters. The Balaban J connectivity index is 2.22. The minimum Gasteiger partial charge on any atom is -0.370 e. The van der Waals surface area contributed by atoms with Gasteiger partial charge in [0, 0.05) is 30.6 Å². The van der Waals surface area contributed by atoms with Crippen LogP contribution in [0.15, 0.2) is 18.2 Å². The summed E-state index contributed by atoms with van der Waals surface area (Å²) >= 11 is 2.01. The van der Waals surface area contributed by atoms with E-state index in [0.717, 1.165) is 24.2 Å². The zero-order chi connectivity index (χ0) is 14.5. The zero-order valence-electron chi connectivity index (χ0n) is 12.7. The molecule has 2 nitrogen and oxygen atoms in total. The maximum absolute atomic E-state index is 13.6. The smallest absolute Gasteiger partial charge is 0.123 e. The Morgan fingerprint density at radius 3 is 2.95 bits per heavy atom. The third kappa shape index (κ3) is 3.67. The van der Waals surface area contributed by atoms with Crippen molar-refractivity contribution in [3.8, 4) is 0 Å². The summed E-state index contributed by atoms with van der Waals surface area (Å²) in [5.41, 5.74) is 2.23. The third-order valence-corrected chi connectivity index (χ3v) is 5.13. The number of hydrogen-bond donors (Lipinski definition) is 1. The fourth-order valence-electron chi connectivity index (χ4n) is 2.69. The molecule has 0 aliphatic carbocycles. The normalized spacial score (nSPS) is 20.1. The zero-order valence-corrected chi connectivity index (χ0v) is 13.5. The highest BCUT2D eigenvalue weighted by Gasteiger charge is 2.23. The summed E-state index contributed by atoms with van der Waals surface area (Å²) in [5.74, 6) is 2.25. The van der Waals surface area contributed by atoms with Crippen molar-refractivity contribution in [1.29, 1.82) is 0 Å². The van der Waals surface area contributed by atoms with Crippen LogP contribution in [0.25, 0.3) is 0 Å². The Bertz CT molecular complexity index is 432. The molecule has 0 radical (unpaired) electrons. The number of nitrogens with zero attached hydrogens (tertiary/aromatic N) is 1. The molecule has 112 valence electrons. The maximum atomic E-state index is 13.6. The molecule has 0 bridgehead atoms. The van der Waals surface area contributed by atoms with Crippen molar-refractivity contribution in [3.05, 3.63) is 29.6 Å². The molecule has 4 heteroatoms. The van der Waals surface area contributed by atoms with E-state index in [1.165, 1.54) is 17.9 Å². The lowest BCUT2D eigenvalue weighted by molar-refractivity contribution is 0.559. The second-order valence-electron chi connectivity index (χ2n) is 5.51. The van der Waals surface area contributed by atoms with Crippen molar-refractivity contribution in [2.24, 2.45) is 0 Å². The van der Waals surface area contributed by atoms with Crippen molar-refractivity contribution >= 4 is 17.4 Å². The standard InChI is InChI=1S/C16H25FN2S/c1-4-8-18-12(2)15-10-13(17)5-6-16(15)19(3)14-7-9-20-11-14/h5-6,10,12,14,18H,4,7-9,11H2,1-3H3. The lowest BCUT2D eigenvalue weighted by Crippen LogP contribution is -2.33. The lowest BCUT2D eigenvalue weighted by Gasteiger charge is -2.30. The van der Waals surface area contributed by atoms with Crippen LogP contribution in [-0.4, -0.2) is 31.1 Å². The van der Waals surface area contributed by atoms with Crippen molar-refractivity contribution in [3.63, 3.8) is 0 Å². The number of rotatable bonds is 6. The molecule has 1 aromatic carbocycles. The van der Waals surface area contributed by atoms with E-state index in [-0.39, 0.29) is 11.9 Å². The van der Waals surface area contributed by atoms with Gasteiger partial charge in [-0.3, -0.25) is 0 Å². The number of benzene rings is 1. The summed E-state index contributed by atoms with van der Waals surface area (Å²) in [7, 11) is 2.14. The monoisotopic (exact) mass is 296 g/mol. The van der Waals surface area contributed by atoms with E-state index in [1.807, 2.05) is 17.8 Å². The summed E-state index contributed by atoms with van der Waals surface area (Å²) in [6.45, 7) is 5.22. The molecule has 1 aliphatic rings. The van der Waals surface area contributed by atoms with Gasteiger partial charge >= 0.3 is 0 Å². The van der Waals surface area contributed by atoms with Gasteiger partial charge in [0.2, 0.25) is 0 Å². The first kappa shape index (κ1) is 15.6. The van der Waals surface area contributed by atoms with E-state index in [2.05, 4.69) is 31.1 Å². The Morgan fingerprint density at radius 2 is 2.30 bits per heavy atom. The highest BCUT2D eigenvalue weighted by Crippen LogP contribution is 2.31. The second-order valence-corrected chi connectivity index (χ2v) is 6.66. The molecule has 1 saturated heterocycles. The fourth-order valence-corrected chi connectivity index (χ4v) is 3.96. The molecular weight excluding hydrogens is 271 g/mol. The third-order valence-electron chi connectivity index (χ3n) is 3.99. The maximum Gasteiger partial charge on any atom is 0.123 e. The summed E-state index contributed by atoms with van der Waals surface area (Å²) in [5, 5.41) is 3.46. The molecule has 1 N–H and O–H groups in total. The quantitative estimate of drug-likeness (QED) is 0.859. The molecule has 1 fully saturated rings. The first-order valence-electron chi connectivity index (χ1n) is 7.47. The average molecular weight is 296 g/mol. The van der Waals surface area contributed by atoms with Crippen molar-refractivity contribution < 1.29 is 4.39 Å². The fraction of sp³-hybridized carbons (Fsp3) is 0.625. The minimum atomic E-state index is -0.150. The van der Waals surface area contributed by atoms with Gasteiger partial charge in [-0.2, -0.15) is 11.8 Å². The van der Waals surface area contributed by atoms with Crippen LogP contribution in [0.1, 0.15) is 38.3 Å². The number of nitrogens with one attached hydrogen (secondary N) is 1. The molecule has 0 saturated carbocycles. The molecule has 0 aromatic heterocycles. The Morgan fingerprint density at radius 1 is 1.50 bits per heavy atom. The lowest BCUT2D eigenvalue weighted by atomic mass is 10.0. The Kier molecular flexibility index (Phi) is 5.73. The molecule has 0 spiro atoms. The largest absolute Gasteiger partial charge is 0.370 e. The van der Waals surface area contributed by atoms with E-state index in [0.29, 0.717) is 6.04 Å². The van der Waals surface area contributed by atoms with Gasteiger partial charge in [-0.15, -0.1) is 0 Å². The molecule has 2 atom stereocenters. The van der Waals surface area contributed by atoms with Crippen molar-refractivity contribution in [2.75, 3.05) is 30.0 Å². The second kappa shape index (κ2) is 7.32. The van der Waals surface area contributed by atoms with Crippen LogP contribution in [0, 0.1) is 5.82 Å². The van der Waals surface area contributed by atoms with Crippen LogP contribution < -0.4 is 10.2 Å². The Labute approximate surface area is 126 Å². The van der Waals surface area contributed by atoms with E-state index in [1.54, 1.807) is 12.1 Å². The van der Waals surface area contributed by atoms with Crippen LogP contribution in [0.5, 0.6) is 0 Å². The highest BCUT2D eigenvalue weighted by atomic mass is 32.2. The molecule has 1 aromatic rings. The van der Waals surface area contributed by atoms with Gasteiger partial charge in [0.25, 0.3) is 0 Å². The van der Waals surface area contributed by atoms with Gasteiger partial charge in [0.1, 0.15) is 5.82 Å². The van der Waals surface area contributed by atoms with Gasteiger partial charge in [-0.25, -0.2) is 4.39 Å². The average Bonchev–Trinajstić information content (AvgIpc) is 2.98. The van der Waals surface area contributed by atoms with Gasteiger partial charge < -0.3 is 10.2 Å². The van der Waals surface area contributed by atoms with Crippen LogP contribution >= 0.6 is 11.8 Å². The van der Waals surface area contributed by atoms with Crippen LogP contribution in [0.2, 0.25) is 0 Å². The Hall–Kier alpha value is -0.740. The summed E-state index contributed by atoms with van der Waals surface area (Å²) < 4.78 is 13.6. The van der Waals surface area contributed by atoms with Crippen molar-refractivity contribution in [1.82, 2.24) is 5.32 Å². The summed E-state index contributed by atoms with van der Waals surface area (Å²) in [6.07, 6.45) is 2.30. The van der Waals surface area contributed by atoms with E-state index >= 15 is 0 Å². The van der Waals surface area contributed by atoms with E-state index in [4.69, 9.17) is 0 Å². The van der Waals surface area contributed by atoms with E-state index in [9.17, 15) is 4.39 Å². The molecular formula is C16H25FN2S. The van der Waals surface area contributed by atoms with Crippen LogP contribution in [0.4, 0.5) is 10.1 Å². The highest BCUT2D eigenvalue weighted by molar-refractivity contribution is 7.99. The predicted octanol–water partition coefficient (Wildman–Crippen LogP) is 3.83. The number of hydrogen-bond acceptors (Lipinski definition) is 3. The van der Waals surface area contributed by atoms with Gasteiger partial charge in [0.05, 0.1) is 0 Å². The number of halogens is 1. The SMILES string of the molecule is CCCNC(C)c1cc(F)ccc1N(C)C1CCSC1. The molecule has 1 aliphatic heterocycles. The first-order valence-corrected chi connectivity index (χ1v) is 8.62. The topological polar surface area (TPSA) is 15.3 Å². The van der Waals surface area contributed by atoms with Gasteiger partial charge in [-0.05, 0) is 55.8 Å². The molecule has 20 heavy (non-hydrogen) atoms. The van der Waals surface area contributed by atoms with Gasteiger partial charge in [-0.1, -0.05) is 6.92 Å². The van der Waals surface area contributed by atoms with Crippen molar-refractivity contribution in [2.45, 2.75) is 38.8 Å². The molecule has 0 amide bonds. The summed E-state index contributed by atoms with van der Waals surface area (Å²) in [4.78, 5) is 2.33. The number of thioether (sulfide) groups is 1. The molecule has 2 rings (SSSR count).